The lowest BCUT2D eigenvalue weighted by molar-refractivity contribution is 0.429. The first-order valence-electron chi connectivity index (χ1n) is 7.64. The van der Waals surface area contributed by atoms with Crippen molar-refractivity contribution < 1.29 is 5.11 Å². The molecule has 6 heteroatoms. The maximum Gasteiger partial charge on any atom is 0.335 e. The first-order valence-corrected chi connectivity index (χ1v) is 7.64. The Bertz CT molecular complexity index is 1200. The van der Waals surface area contributed by atoms with Crippen molar-refractivity contribution in [3.63, 3.8) is 0 Å². The zero-order chi connectivity index (χ0) is 17.4. The van der Waals surface area contributed by atoms with Crippen molar-refractivity contribution in [1.82, 2.24) is 9.55 Å². The van der Waals surface area contributed by atoms with Gasteiger partial charge in [-0.15, -0.1) is 0 Å². The van der Waals surface area contributed by atoms with Crippen molar-refractivity contribution >= 4 is 12.2 Å². The summed E-state index contributed by atoms with van der Waals surface area (Å²) in [5, 5.41) is 12.2. The Morgan fingerprint density at radius 1 is 1.00 bits per heavy atom. The fourth-order valence-electron chi connectivity index (χ4n) is 2.75. The van der Waals surface area contributed by atoms with Crippen LogP contribution in [0.4, 0.5) is 0 Å². The molecule has 0 atom stereocenters. The molecule has 0 aliphatic carbocycles. The van der Waals surface area contributed by atoms with Gasteiger partial charge in [-0.25, -0.2) is 14.4 Å². The van der Waals surface area contributed by atoms with Gasteiger partial charge in [-0.1, -0.05) is 36.4 Å². The quantitative estimate of drug-likeness (QED) is 0.724. The number of nitrogens with zero attached hydrogens (tertiary/aromatic N) is 2. The molecule has 0 saturated heterocycles. The van der Waals surface area contributed by atoms with E-state index in [9.17, 15) is 14.7 Å². The number of aromatic amines is 1. The van der Waals surface area contributed by atoms with Crippen LogP contribution in [0.15, 0.2) is 74.9 Å². The van der Waals surface area contributed by atoms with E-state index >= 15 is 0 Å². The van der Waals surface area contributed by atoms with E-state index in [4.69, 9.17) is 0 Å². The molecule has 2 N–H and O–H groups in total. The molecular formula is C19H13N3O3. The molecule has 122 valence electrons. The minimum atomic E-state index is -0.702. The van der Waals surface area contributed by atoms with Crippen molar-refractivity contribution in [3.05, 3.63) is 97.3 Å². The average molecular weight is 331 g/mol. The number of aromatic hydroxyl groups is 1. The standard InChI is InChI=1S/C19H13N3O3/c23-17-15(11-13-10-12-6-4-5-9-16(12)20-13)18(24)22(19(25)21-17)14-7-2-1-3-8-14/h1-11,24H,(H,21,23,25). The van der Waals surface area contributed by atoms with Crippen LogP contribution in [0.3, 0.4) is 0 Å². The van der Waals surface area contributed by atoms with Crippen molar-refractivity contribution in [1.29, 1.82) is 0 Å². The molecule has 3 aromatic rings. The van der Waals surface area contributed by atoms with Crippen LogP contribution in [0, 0.1) is 0 Å². The average Bonchev–Trinajstić information content (AvgIpc) is 3.02. The predicted molar refractivity (Wildman–Crippen MR) is 94.0 cm³/mol. The largest absolute Gasteiger partial charge is 0.494 e. The summed E-state index contributed by atoms with van der Waals surface area (Å²) < 4.78 is 1.05. The topological polar surface area (TPSA) is 87.5 Å². The summed E-state index contributed by atoms with van der Waals surface area (Å²) in [7, 11) is 0. The highest BCUT2D eigenvalue weighted by Crippen LogP contribution is 2.19. The molecular weight excluding hydrogens is 318 g/mol. The van der Waals surface area contributed by atoms with Gasteiger partial charge in [-0.05, 0) is 30.4 Å². The normalized spacial score (nSPS) is 14.0. The molecule has 0 amide bonds. The van der Waals surface area contributed by atoms with Crippen LogP contribution >= 0.6 is 0 Å². The molecule has 25 heavy (non-hydrogen) atoms. The van der Waals surface area contributed by atoms with Gasteiger partial charge >= 0.3 is 5.69 Å². The van der Waals surface area contributed by atoms with Gasteiger partial charge < -0.3 is 5.11 Å². The molecule has 0 fully saturated rings. The summed E-state index contributed by atoms with van der Waals surface area (Å²) in [6.45, 7) is 0. The first kappa shape index (κ1) is 14.9. The Morgan fingerprint density at radius 3 is 2.48 bits per heavy atom. The number of H-pyrrole nitrogens is 1. The summed E-state index contributed by atoms with van der Waals surface area (Å²) in [5.74, 6) is -0.424. The van der Waals surface area contributed by atoms with E-state index in [2.05, 4.69) is 9.98 Å². The van der Waals surface area contributed by atoms with E-state index in [0.717, 1.165) is 15.1 Å². The fourth-order valence-corrected chi connectivity index (χ4v) is 2.75. The van der Waals surface area contributed by atoms with Gasteiger partial charge in [0.1, 0.15) is 5.56 Å². The second-order valence-corrected chi connectivity index (χ2v) is 5.55. The molecule has 1 aromatic heterocycles. The van der Waals surface area contributed by atoms with E-state index in [1.807, 2.05) is 30.3 Å². The van der Waals surface area contributed by atoms with Crippen molar-refractivity contribution in [3.8, 4) is 11.6 Å². The maximum absolute atomic E-state index is 12.2. The molecule has 1 aliphatic heterocycles. The van der Waals surface area contributed by atoms with E-state index in [-0.39, 0.29) is 5.56 Å². The second kappa shape index (κ2) is 5.76. The van der Waals surface area contributed by atoms with E-state index in [1.54, 1.807) is 30.3 Å². The third-order valence-corrected chi connectivity index (χ3v) is 3.92. The highest BCUT2D eigenvalue weighted by atomic mass is 16.3. The number of aromatic nitrogens is 2. The minimum Gasteiger partial charge on any atom is -0.494 e. The Hall–Kier alpha value is -3.67. The lowest BCUT2D eigenvalue weighted by Gasteiger charge is -2.09. The number of rotatable bonds is 2. The zero-order valence-electron chi connectivity index (χ0n) is 13.0. The molecule has 0 saturated carbocycles. The van der Waals surface area contributed by atoms with E-state index in [1.165, 1.54) is 6.08 Å². The minimum absolute atomic E-state index is 0.0220. The summed E-state index contributed by atoms with van der Waals surface area (Å²) in [4.78, 5) is 30.9. The first-order chi connectivity index (χ1) is 12.1. The van der Waals surface area contributed by atoms with Crippen LogP contribution in [0.1, 0.15) is 5.56 Å². The fraction of sp³-hybridized carbons (Fsp3) is 0. The SMILES string of the molecule is O=c1[nH]c(=O)n(-c2ccccc2)c(O)c1C=C1C=c2ccccc2=N1. The van der Waals surface area contributed by atoms with Crippen molar-refractivity contribution in [2.75, 3.05) is 0 Å². The van der Waals surface area contributed by atoms with E-state index in [0.29, 0.717) is 11.4 Å². The third kappa shape index (κ3) is 2.59. The van der Waals surface area contributed by atoms with Gasteiger partial charge in [0.15, 0.2) is 0 Å². The van der Waals surface area contributed by atoms with Gasteiger partial charge in [0, 0.05) is 5.22 Å². The molecule has 2 aromatic carbocycles. The summed E-state index contributed by atoms with van der Waals surface area (Å²) in [6.07, 6.45) is 3.28. The number of benzene rings is 2. The summed E-state index contributed by atoms with van der Waals surface area (Å²) in [6, 6.07) is 16.1. The Kier molecular flexibility index (Phi) is 3.43. The number of allylic oxidation sites excluding steroid dienone is 1. The van der Waals surface area contributed by atoms with Crippen LogP contribution in [-0.2, 0) is 0 Å². The molecule has 1 aliphatic rings. The number of para-hydroxylation sites is 2. The highest BCUT2D eigenvalue weighted by Gasteiger charge is 2.14. The monoisotopic (exact) mass is 331 g/mol. The highest BCUT2D eigenvalue weighted by molar-refractivity contribution is 5.67. The number of hydrogen-bond acceptors (Lipinski definition) is 4. The van der Waals surface area contributed by atoms with Crippen LogP contribution in [-0.4, -0.2) is 14.7 Å². The van der Waals surface area contributed by atoms with Gasteiger partial charge in [0.25, 0.3) is 5.56 Å². The zero-order valence-corrected chi connectivity index (χ0v) is 13.0. The number of hydrogen-bond donors (Lipinski definition) is 2. The lowest BCUT2D eigenvalue weighted by atomic mass is 10.2. The van der Waals surface area contributed by atoms with Gasteiger partial charge in [0.2, 0.25) is 5.88 Å². The Morgan fingerprint density at radius 2 is 1.72 bits per heavy atom. The third-order valence-electron chi connectivity index (χ3n) is 3.92. The summed E-state index contributed by atoms with van der Waals surface area (Å²) >= 11 is 0. The van der Waals surface area contributed by atoms with Crippen LogP contribution in [0.2, 0.25) is 0 Å². The van der Waals surface area contributed by atoms with Gasteiger partial charge in [-0.3, -0.25) is 9.78 Å². The van der Waals surface area contributed by atoms with Gasteiger partial charge in [0.05, 0.1) is 16.7 Å². The molecule has 0 unspecified atom stereocenters. The molecule has 0 spiro atoms. The smallest absolute Gasteiger partial charge is 0.335 e. The van der Waals surface area contributed by atoms with Crippen molar-refractivity contribution in [2.24, 2.45) is 4.99 Å². The van der Waals surface area contributed by atoms with Crippen molar-refractivity contribution in [2.45, 2.75) is 0 Å². The molecule has 2 heterocycles. The van der Waals surface area contributed by atoms with Crippen LogP contribution in [0.25, 0.3) is 17.8 Å². The van der Waals surface area contributed by atoms with Gasteiger partial charge in [-0.2, -0.15) is 0 Å². The lowest BCUT2D eigenvalue weighted by Crippen LogP contribution is -2.30. The Balaban J connectivity index is 1.93. The molecule has 0 bridgehead atoms. The van der Waals surface area contributed by atoms with E-state index < -0.39 is 17.1 Å². The number of fused-ring (bicyclic) bond motifs is 1. The molecule has 6 nitrogen and oxygen atoms in total. The van der Waals surface area contributed by atoms with Crippen LogP contribution in [0.5, 0.6) is 5.88 Å². The predicted octanol–water partition coefficient (Wildman–Crippen LogP) is 0.686. The maximum atomic E-state index is 12.2. The van der Waals surface area contributed by atoms with Crippen LogP contribution < -0.4 is 21.8 Å². The molecule has 0 radical (unpaired) electrons. The number of nitrogens with one attached hydrogen (secondary N) is 1. The summed E-state index contributed by atoms with van der Waals surface area (Å²) in [5.41, 5.74) is -0.406. The Labute approximate surface area is 141 Å². The molecule has 4 rings (SSSR count). The second-order valence-electron chi connectivity index (χ2n) is 5.55.